The van der Waals surface area contributed by atoms with E-state index in [4.69, 9.17) is 0 Å². The number of halogens is 37. The fourth-order valence-corrected chi connectivity index (χ4v) is 63.1. The Morgan fingerprint density at radius 1 is 0.164 bits per heavy atom. The van der Waals surface area contributed by atoms with Crippen molar-refractivity contribution in [3.8, 4) is 0 Å². The molecule has 0 bridgehead atoms. The van der Waals surface area contributed by atoms with Gasteiger partial charge in [-0.2, -0.15) is 0 Å². The Labute approximate surface area is 830 Å². The van der Waals surface area contributed by atoms with Crippen molar-refractivity contribution in [2.75, 3.05) is 0 Å². The highest BCUT2D eigenvalue weighted by atomic mass is 127. The topological polar surface area (TPSA) is 0 Å². The predicted octanol–water partition coefficient (Wildman–Crippen LogP) is 29.4. The lowest BCUT2D eigenvalue weighted by atomic mass is 10.0. The molecule has 0 N–H and O–H groups in total. The number of hydrogen-bond donors (Lipinski definition) is 0. The van der Waals surface area contributed by atoms with Gasteiger partial charge in [-0.15, -0.1) is 0 Å². The Kier molecular flexibility index (Phi) is 44.4. The largest absolute Gasteiger partial charge is 0.149 e. The smallest absolute Gasteiger partial charge is 0.0623 e. The summed E-state index contributed by atoms with van der Waals surface area (Å²) in [6.07, 6.45) is 0. The van der Waals surface area contributed by atoms with Crippen LogP contribution in [0.5, 0.6) is 0 Å². The van der Waals surface area contributed by atoms with Crippen LogP contribution in [0.15, 0.2) is 0 Å². The molecule has 0 unspecified atom stereocenters. The van der Waals surface area contributed by atoms with E-state index in [2.05, 4.69) is 836 Å². The maximum Gasteiger partial charge on any atom is 0.149 e. The van der Waals surface area contributed by atoms with Gasteiger partial charge in [0.2, 0.25) is 0 Å². The molecule has 0 fully saturated rings. The second kappa shape index (κ2) is 29.8. The highest BCUT2D eigenvalue weighted by Gasteiger charge is 2.83. The monoisotopic (exact) mass is 4910 g/mol. The first-order chi connectivity index (χ1) is 22.9. The molecule has 0 aromatic carbocycles. The minimum Gasteiger partial charge on any atom is -0.0623 e. The van der Waals surface area contributed by atoms with Gasteiger partial charge in [-0.25, -0.2) is 0 Å². The van der Waals surface area contributed by atoms with Crippen LogP contribution in [-0.4, -0.2) is 22.3 Å². The zero-order valence-corrected chi connectivity index (χ0v) is 103. The van der Waals surface area contributed by atoms with Crippen LogP contribution >= 0.6 is 836 Å². The fourth-order valence-electron chi connectivity index (χ4n) is 3.06. The minimum atomic E-state index is -0.255. The van der Waals surface area contributed by atoms with Crippen LogP contribution in [0, 0.1) is 1.93 Å². The number of rotatable bonds is 17. The van der Waals surface area contributed by atoms with Crippen LogP contribution in [0.4, 0.5) is 0 Å². The zero-order valence-electron chi connectivity index (χ0n) is 23.0. The molecule has 0 aromatic rings. The van der Waals surface area contributed by atoms with Crippen molar-refractivity contribution >= 4 is 836 Å². The average molecular weight is 4910 g/mol. The SMILES string of the molecule is I[C](I)C(I)(I)C(I)(I)C(I)(I)C(I)(I)C(I)(I)C(I)(I)C(I)(I)C(I)(I)C(I)(I)C(I)(I)C(I)(I)C(I)(I)C(I)(I)C(I)(I)C(I)(I)C(I)(I)C(I)(I)I. The quantitative estimate of drug-likeness (QED) is 0.101. The van der Waals surface area contributed by atoms with Gasteiger partial charge in [0.05, 0.1) is 0 Å². The van der Waals surface area contributed by atoms with E-state index in [0.717, 1.165) is 0 Å². The molecule has 0 rings (SSSR count). The van der Waals surface area contributed by atoms with Gasteiger partial charge >= 0.3 is 0 Å². The second-order valence-electron chi connectivity index (χ2n) is 9.95. The Bertz CT molecular complexity index is 1380. The molecule has 0 aromatic heterocycles. The average Bonchev–Trinajstić information content (AvgIpc) is 2.94. The molecule has 0 spiro atoms. The fraction of sp³-hybridized carbons (Fsp3) is 0.944. The maximum atomic E-state index is 2.86. The van der Waals surface area contributed by atoms with Crippen LogP contribution in [0.25, 0.3) is 0 Å². The zero-order chi connectivity index (χ0) is 46.1. The van der Waals surface area contributed by atoms with Crippen molar-refractivity contribution < 1.29 is 0 Å². The molecule has 0 aliphatic rings. The van der Waals surface area contributed by atoms with Crippen molar-refractivity contribution in [3.05, 3.63) is 1.93 Å². The molecule has 0 saturated heterocycles. The highest BCUT2D eigenvalue weighted by Crippen LogP contribution is 2.85. The van der Waals surface area contributed by atoms with E-state index in [1.807, 2.05) is 0 Å². The van der Waals surface area contributed by atoms with Crippen molar-refractivity contribution in [1.29, 1.82) is 0 Å². The molecule has 331 valence electrons. The highest BCUT2D eigenvalue weighted by molar-refractivity contribution is 14.3. The van der Waals surface area contributed by atoms with Crippen LogP contribution in [0.1, 0.15) is 0 Å². The first-order valence-corrected chi connectivity index (χ1v) is 51.2. The summed E-state index contributed by atoms with van der Waals surface area (Å²) in [6, 6.07) is 0. The second-order valence-corrected chi connectivity index (χ2v) is 110. The third-order valence-corrected chi connectivity index (χ3v) is 134. The van der Waals surface area contributed by atoms with Crippen LogP contribution in [-0.2, 0) is 0 Å². The molecular weight excluding hydrogens is 4910 g/mol. The van der Waals surface area contributed by atoms with Crippen LogP contribution in [0.3, 0.4) is 0 Å². The summed E-state index contributed by atoms with van der Waals surface area (Å²) in [5, 5.41) is 0. The summed E-state index contributed by atoms with van der Waals surface area (Å²) in [6.45, 7) is 0. The Hall–Kier alpha value is 27.0. The Morgan fingerprint density at radius 3 is 0.382 bits per heavy atom. The van der Waals surface area contributed by atoms with Gasteiger partial charge in [-0.1, -0.05) is 836 Å². The van der Waals surface area contributed by atoms with E-state index in [1.54, 1.807) is 0 Å². The molecular formula is C18I37. The van der Waals surface area contributed by atoms with E-state index >= 15 is 0 Å². The lowest BCUT2D eigenvalue weighted by molar-refractivity contribution is 0.611. The van der Waals surface area contributed by atoms with Gasteiger partial charge in [-0.05, 0) is 0 Å². The van der Waals surface area contributed by atoms with Gasteiger partial charge in [0.15, 0.2) is 0 Å². The van der Waals surface area contributed by atoms with Gasteiger partial charge in [0, 0.05) is 0 Å². The minimum absolute atomic E-state index is 0.00176. The molecule has 1 radical (unpaired) electrons. The van der Waals surface area contributed by atoms with Crippen molar-refractivity contribution in [2.45, 2.75) is 22.3 Å². The van der Waals surface area contributed by atoms with Crippen molar-refractivity contribution in [2.24, 2.45) is 0 Å². The number of alkyl halides is 35. The first-order valence-electron chi connectivity index (χ1n) is 11.2. The van der Waals surface area contributed by atoms with Gasteiger partial charge in [0.25, 0.3) is 0 Å². The van der Waals surface area contributed by atoms with Gasteiger partial charge in [0.1, 0.15) is 24.2 Å². The third kappa shape index (κ3) is 16.1. The normalized spacial score (nSPS) is 17.3. The summed E-state index contributed by atoms with van der Waals surface area (Å²) < 4.78 is -1.73. The Morgan fingerprint density at radius 2 is 0.273 bits per heavy atom. The lowest BCUT2D eigenvalue weighted by Crippen LogP contribution is -2.73. The van der Waals surface area contributed by atoms with Gasteiger partial charge in [-0.3, -0.25) is 0 Å². The van der Waals surface area contributed by atoms with E-state index in [9.17, 15) is 0 Å². The molecule has 0 nitrogen and oxygen atoms in total. The van der Waals surface area contributed by atoms with E-state index in [1.165, 1.54) is 1.93 Å². The summed E-state index contributed by atoms with van der Waals surface area (Å²) in [5.41, 5.74) is 0. The van der Waals surface area contributed by atoms with Crippen LogP contribution < -0.4 is 0 Å². The molecule has 55 heavy (non-hydrogen) atoms. The number of hydrogen-bond acceptors (Lipinski definition) is 0. The summed E-state index contributed by atoms with van der Waals surface area (Å²) in [7, 11) is 0. The third-order valence-electron chi connectivity index (χ3n) is 6.51. The first kappa shape index (κ1) is 82.0. The van der Waals surface area contributed by atoms with Crippen LogP contribution in [0.2, 0.25) is 0 Å². The van der Waals surface area contributed by atoms with E-state index < -0.39 is 0 Å². The molecule has 37 heteroatoms. The van der Waals surface area contributed by atoms with E-state index in [-0.39, 0.29) is 22.3 Å². The molecule has 0 aliphatic heterocycles. The van der Waals surface area contributed by atoms with E-state index in [0.29, 0.717) is 0 Å². The molecule has 0 aliphatic carbocycles. The van der Waals surface area contributed by atoms with Crippen molar-refractivity contribution in [3.63, 3.8) is 0 Å². The molecule has 0 saturated carbocycles. The predicted molar refractivity (Wildman–Crippen MR) is 568 cm³/mol. The summed E-state index contributed by atoms with van der Waals surface area (Å²) >= 11 is 103. The molecule has 0 heterocycles. The summed E-state index contributed by atoms with van der Waals surface area (Å²) in [5.74, 6) is 0. The summed E-state index contributed by atoms with van der Waals surface area (Å²) in [4.78, 5) is 0. The molecule has 0 amide bonds. The lowest BCUT2D eigenvalue weighted by Gasteiger charge is -2.63. The maximum absolute atomic E-state index is 2.86. The van der Waals surface area contributed by atoms with Gasteiger partial charge < -0.3 is 0 Å². The molecule has 0 atom stereocenters. The standard InChI is InChI=1S/C18I37/c19-1(20)2(21,22)3(23,24)4(25,26)5(27,28)6(29,30)7(31,32)8(33,34)9(35,36)10(37,38)11(39,40)12(41,42)13(43,44)14(45,46)15(47,48)16(49,50)17(51,52)18(53,54)55. The Balaban J connectivity index is 7.82. The van der Waals surface area contributed by atoms with Crippen molar-refractivity contribution in [1.82, 2.24) is 0 Å².